The number of nitrogens with two attached hydrogens (primary N) is 1. The standard InChI is InChI=1S/C15H14ClN3S/c1-10-6-7-20-15(10)14-13(17)9-19(18-14)8-11-2-4-12(16)5-3-11/h2-7,9H,8,17H2,1H3. The van der Waals surface area contributed by atoms with E-state index in [-0.39, 0.29) is 0 Å². The zero-order valence-corrected chi connectivity index (χ0v) is 12.6. The van der Waals surface area contributed by atoms with Crippen LogP contribution >= 0.6 is 22.9 Å². The van der Waals surface area contributed by atoms with Gasteiger partial charge in [-0.2, -0.15) is 5.10 Å². The smallest absolute Gasteiger partial charge is 0.125 e. The first kappa shape index (κ1) is 13.2. The lowest BCUT2D eigenvalue weighted by Gasteiger charge is -2.01. The second kappa shape index (κ2) is 5.31. The number of benzene rings is 1. The predicted molar refractivity (Wildman–Crippen MR) is 85.2 cm³/mol. The third-order valence-corrected chi connectivity index (χ3v) is 4.40. The van der Waals surface area contributed by atoms with Gasteiger partial charge in [-0.05, 0) is 41.6 Å². The highest BCUT2D eigenvalue weighted by Gasteiger charge is 2.12. The first-order valence-electron chi connectivity index (χ1n) is 6.25. The lowest BCUT2D eigenvalue weighted by molar-refractivity contribution is 0.690. The third kappa shape index (κ3) is 2.57. The quantitative estimate of drug-likeness (QED) is 0.788. The number of anilines is 1. The van der Waals surface area contributed by atoms with E-state index in [2.05, 4.69) is 23.5 Å². The Morgan fingerprint density at radius 1 is 1.25 bits per heavy atom. The van der Waals surface area contributed by atoms with E-state index >= 15 is 0 Å². The van der Waals surface area contributed by atoms with Gasteiger partial charge in [-0.25, -0.2) is 0 Å². The highest BCUT2D eigenvalue weighted by Crippen LogP contribution is 2.31. The first-order valence-corrected chi connectivity index (χ1v) is 7.51. The van der Waals surface area contributed by atoms with Gasteiger partial charge in [0.1, 0.15) is 5.69 Å². The number of rotatable bonds is 3. The van der Waals surface area contributed by atoms with Crippen molar-refractivity contribution in [3.8, 4) is 10.6 Å². The van der Waals surface area contributed by atoms with Gasteiger partial charge in [0, 0.05) is 11.2 Å². The van der Waals surface area contributed by atoms with Gasteiger partial charge < -0.3 is 5.73 Å². The molecular formula is C15H14ClN3S. The molecule has 0 atom stereocenters. The molecule has 5 heteroatoms. The van der Waals surface area contributed by atoms with E-state index in [0.29, 0.717) is 12.2 Å². The molecule has 102 valence electrons. The van der Waals surface area contributed by atoms with Crippen LogP contribution in [0.15, 0.2) is 41.9 Å². The fraction of sp³-hybridized carbons (Fsp3) is 0.133. The Morgan fingerprint density at radius 3 is 2.65 bits per heavy atom. The first-order chi connectivity index (χ1) is 9.63. The van der Waals surface area contributed by atoms with Crippen LogP contribution < -0.4 is 5.73 Å². The molecule has 0 amide bonds. The number of aromatic nitrogens is 2. The summed E-state index contributed by atoms with van der Waals surface area (Å²) in [7, 11) is 0. The van der Waals surface area contributed by atoms with Crippen molar-refractivity contribution in [3.63, 3.8) is 0 Å². The monoisotopic (exact) mass is 303 g/mol. The summed E-state index contributed by atoms with van der Waals surface area (Å²) in [5, 5.41) is 7.40. The minimum Gasteiger partial charge on any atom is -0.396 e. The largest absolute Gasteiger partial charge is 0.396 e. The Balaban J connectivity index is 1.89. The van der Waals surface area contributed by atoms with Crippen LogP contribution in [0.5, 0.6) is 0 Å². The van der Waals surface area contributed by atoms with Gasteiger partial charge in [0.2, 0.25) is 0 Å². The molecule has 0 saturated carbocycles. The lowest BCUT2D eigenvalue weighted by Crippen LogP contribution is -2.00. The second-order valence-electron chi connectivity index (χ2n) is 4.69. The molecule has 2 aromatic heterocycles. The van der Waals surface area contributed by atoms with Crippen molar-refractivity contribution >= 4 is 28.6 Å². The second-order valence-corrected chi connectivity index (χ2v) is 6.04. The number of nitrogen functional groups attached to an aromatic ring is 1. The van der Waals surface area contributed by atoms with Gasteiger partial charge >= 0.3 is 0 Å². The number of halogens is 1. The minimum atomic E-state index is 0.686. The summed E-state index contributed by atoms with van der Waals surface area (Å²) in [5.41, 5.74) is 10.0. The lowest BCUT2D eigenvalue weighted by atomic mass is 10.2. The molecule has 0 unspecified atom stereocenters. The van der Waals surface area contributed by atoms with E-state index in [4.69, 9.17) is 17.3 Å². The normalized spacial score (nSPS) is 10.9. The van der Waals surface area contributed by atoms with Crippen LogP contribution in [0, 0.1) is 6.92 Å². The van der Waals surface area contributed by atoms with E-state index in [0.717, 1.165) is 21.2 Å². The molecule has 3 rings (SSSR count). The molecule has 1 aromatic carbocycles. The zero-order chi connectivity index (χ0) is 14.1. The molecule has 2 N–H and O–H groups in total. The van der Waals surface area contributed by atoms with Crippen LogP contribution in [0.3, 0.4) is 0 Å². The fourth-order valence-corrected chi connectivity index (χ4v) is 3.14. The van der Waals surface area contributed by atoms with Gasteiger partial charge in [-0.15, -0.1) is 11.3 Å². The van der Waals surface area contributed by atoms with Crippen LogP contribution in [0.2, 0.25) is 5.02 Å². The molecule has 0 aliphatic rings. The van der Waals surface area contributed by atoms with Gasteiger partial charge in [0.05, 0.1) is 17.1 Å². The van der Waals surface area contributed by atoms with E-state index in [9.17, 15) is 0 Å². The molecule has 0 aliphatic heterocycles. The Hall–Kier alpha value is -1.78. The van der Waals surface area contributed by atoms with Crippen LogP contribution in [0.1, 0.15) is 11.1 Å². The molecular weight excluding hydrogens is 290 g/mol. The molecule has 0 aliphatic carbocycles. The molecule has 3 nitrogen and oxygen atoms in total. The number of nitrogens with zero attached hydrogens (tertiary/aromatic N) is 2. The maximum Gasteiger partial charge on any atom is 0.125 e. The third-order valence-electron chi connectivity index (χ3n) is 3.12. The summed E-state index contributed by atoms with van der Waals surface area (Å²) in [6.07, 6.45) is 1.88. The molecule has 0 saturated heterocycles. The van der Waals surface area contributed by atoms with Crippen LogP contribution in [0.25, 0.3) is 10.6 Å². The van der Waals surface area contributed by atoms with E-state index in [1.54, 1.807) is 11.3 Å². The molecule has 20 heavy (non-hydrogen) atoms. The number of hydrogen-bond donors (Lipinski definition) is 1. The summed E-state index contributed by atoms with van der Waals surface area (Å²) in [6, 6.07) is 9.84. The minimum absolute atomic E-state index is 0.686. The summed E-state index contributed by atoms with van der Waals surface area (Å²) < 4.78 is 1.87. The Morgan fingerprint density at radius 2 is 2.00 bits per heavy atom. The van der Waals surface area contributed by atoms with Crippen LogP contribution in [-0.4, -0.2) is 9.78 Å². The topological polar surface area (TPSA) is 43.8 Å². The maximum atomic E-state index is 6.08. The number of aryl methyl sites for hydroxylation is 1. The predicted octanol–water partition coefficient (Wildman–Crippen LogP) is 4.20. The van der Waals surface area contributed by atoms with Gasteiger partial charge in [-0.1, -0.05) is 23.7 Å². The van der Waals surface area contributed by atoms with Gasteiger partial charge in [-0.3, -0.25) is 4.68 Å². The number of thiophene rings is 1. The van der Waals surface area contributed by atoms with Crippen LogP contribution in [0.4, 0.5) is 5.69 Å². The highest BCUT2D eigenvalue weighted by molar-refractivity contribution is 7.13. The summed E-state index contributed by atoms with van der Waals surface area (Å²) in [5.74, 6) is 0. The molecule has 0 radical (unpaired) electrons. The van der Waals surface area contributed by atoms with Crippen molar-refractivity contribution in [2.24, 2.45) is 0 Å². The van der Waals surface area contributed by atoms with Gasteiger partial charge in [0.15, 0.2) is 0 Å². The van der Waals surface area contributed by atoms with Gasteiger partial charge in [0.25, 0.3) is 0 Å². The average Bonchev–Trinajstić information content (AvgIpc) is 2.98. The van der Waals surface area contributed by atoms with E-state index < -0.39 is 0 Å². The van der Waals surface area contributed by atoms with Crippen molar-refractivity contribution in [1.29, 1.82) is 0 Å². The van der Waals surface area contributed by atoms with Crippen LogP contribution in [-0.2, 0) is 6.54 Å². The molecule has 0 bridgehead atoms. The summed E-state index contributed by atoms with van der Waals surface area (Å²) in [4.78, 5) is 1.14. The molecule has 2 heterocycles. The molecule has 0 fully saturated rings. The maximum absolute atomic E-state index is 6.08. The van der Waals surface area contributed by atoms with Crippen molar-refractivity contribution in [3.05, 3.63) is 58.1 Å². The molecule has 3 aromatic rings. The fourth-order valence-electron chi connectivity index (χ4n) is 2.09. The summed E-state index contributed by atoms with van der Waals surface area (Å²) >= 11 is 7.55. The summed E-state index contributed by atoms with van der Waals surface area (Å²) in [6.45, 7) is 2.76. The van der Waals surface area contributed by atoms with Crippen molar-refractivity contribution < 1.29 is 0 Å². The van der Waals surface area contributed by atoms with E-state index in [1.165, 1.54) is 5.56 Å². The van der Waals surface area contributed by atoms with Crippen molar-refractivity contribution in [1.82, 2.24) is 9.78 Å². The Bertz CT molecular complexity index is 728. The zero-order valence-electron chi connectivity index (χ0n) is 11.0. The van der Waals surface area contributed by atoms with Crippen molar-refractivity contribution in [2.75, 3.05) is 5.73 Å². The number of hydrogen-bond acceptors (Lipinski definition) is 3. The Labute approximate surface area is 126 Å². The van der Waals surface area contributed by atoms with Crippen molar-refractivity contribution in [2.45, 2.75) is 13.5 Å². The van der Waals surface area contributed by atoms with E-state index in [1.807, 2.05) is 35.1 Å². The average molecular weight is 304 g/mol. The highest BCUT2D eigenvalue weighted by atomic mass is 35.5. The SMILES string of the molecule is Cc1ccsc1-c1nn(Cc2ccc(Cl)cc2)cc1N. The molecule has 0 spiro atoms. The Kier molecular flexibility index (Phi) is 3.51.